The van der Waals surface area contributed by atoms with Crippen LogP contribution >= 0.6 is 11.8 Å². The molecule has 1 nitrogen and oxygen atoms in total. The Kier molecular flexibility index (Phi) is 2.48. The van der Waals surface area contributed by atoms with Gasteiger partial charge >= 0.3 is 0 Å². The maximum atomic E-state index is 13.5. The summed E-state index contributed by atoms with van der Waals surface area (Å²) < 4.78 is 53.2. The van der Waals surface area contributed by atoms with Gasteiger partial charge in [-0.1, -0.05) is 11.8 Å². The molecule has 2 aromatic rings. The summed E-state index contributed by atoms with van der Waals surface area (Å²) in [4.78, 5) is 0.184. The molecule has 0 atom stereocenters. The molecule has 1 heterocycles. The van der Waals surface area contributed by atoms with E-state index in [0.29, 0.717) is 0 Å². The predicted molar refractivity (Wildman–Crippen MR) is 60.1 cm³/mol. The van der Waals surface area contributed by atoms with E-state index >= 15 is 0 Å². The number of rotatable bonds is 0. The molecular formula is C12H5F4NS. The minimum Gasteiger partial charge on any atom is -0.353 e. The Labute approximate surface area is 104 Å². The highest BCUT2D eigenvalue weighted by Crippen LogP contribution is 2.46. The molecule has 92 valence electrons. The molecule has 0 spiro atoms. The first-order valence-corrected chi connectivity index (χ1v) is 5.79. The summed E-state index contributed by atoms with van der Waals surface area (Å²) in [5.41, 5.74) is 0.324. The minimum absolute atomic E-state index is 0.0920. The third-order valence-corrected chi connectivity index (χ3v) is 3.73. The van der Waals surface area contributed by atoms with Crippen molar-refractivity contribution in [2.45, 2.75) is 9.79 Å². The van der Waals surface area contributed by atoms with Crippen molar-refractivity contribution in [1.29, 1.82) is 0 Å². The Morgan fingerprint density at radius 2 is 1.17 bits per heavy atom. The molecular weight excluding hydrogens is 266 g/mol. The second-order valence-electron chi connectivity index (χ2n) is 3.76. The maximum Gasteiger partial charge on any atom is 0.142 e. The molecule has 0 fully saturated rings. The van der Waals surface area contributed by atoms with Gasteiger partial charge in [0.05, 0.1) is 21.2 Å². The van der Waals surface area contributed by atoms with Crippen LogP contribution in [0.15, 0.2) is 34.1 Å². The number of hydrogen-bond acceptors (Lipinski definition) is 2. The lowest BCUT2D eigenvalue weighted by molar-refractivity contribution is 0.561. The van der Waals surface area contributed by atoms with Gasteiger partial charge in [0.25, 0.3) is 0 Å². The van der Waals surface area contributed by atoms with Crippen LogP contribution in [0.3, 0.4) is 0 Å². The summed E-state index contributed by atoms with van der Waals surface area (Å²) in [6, 6.07) is 3.61. The zero-order valence-electron chi connectivity index (χ0n) is 8.73. The quantitative estimate of drug-likeness (QED) is 0.606. The molecule has 1 aliphatic heterocycles. The standard InChI is InChI=1S/C12H5F4NS/c13-5-1-7(15)11-9(3-5)17-10-4-6(14)2-8(16)12(10)18-11/h1-4,17H. The van der Waals surface area contributed by atoms with Gasteiger partial charge in [0.15, 0.2) is 0 Å². The minimum atomic E-state index is -0.781. The van der Waals surface area contributed by atoms with E-state index in [1.165, 1.54) is 0 Å². The van der Waals surface area contributed by atoms with Crippen molar-refractivity contribution < 1.29 is 17.6 Å². The fourth-order valence-corrected chi connectivity index (χ4v) is 2.72. The van der Waals surface area contributed by atoms with Gasteiger partial charge in [-0.25, -0.2) is 17.6 Å². The monoisotopic (exact) mass is 271 g/mol. The molecule has 3 rings (SSSR count). The Bertz CT molecular complexity index is 602. The van der Waals surface area contributed by atoms with E-state index in [4.69, 9.17) is 0 Å². The number of hydrogen-bond donors (Lipinski definition) is 1. The number of halogens is 4. The summed E-state index contributed by atoms with van der Waals surface area (Å²) in [6.45, 7) is 0. The van der Waals surface area contributed by atoms with Crippen LogP contribution in [0.25, 0.3) is 0 Å². The first-order chi connectivity index (χ1) is 8.54. The average Bonchev–Trinajstić information content (AvgIpc) is 2.26. The van der Waals surface area contributed by atoms with Crippen molar-refractivity contribution in [1.82, 2.24) is 0 Å². The van der Waals surface area contributed by atoms with Crippen molar-refractivity contribution in [3.8, 4) is 0 Å². The Hall–Kier alpha value is -1.69. The fraction of sp³-hybridized carbons (Fsp3) is 0. The zero-order valence-corrected chi connectivity index (χ0v) is 9.55. The third kappa shape index (κ3) is 1.73. The predicted octanol–water partition coefficient (Wildman–Crippen LogP) is 4.45. The first-order valence-electron chi connectivity index (χ1n) is 4.97. The topological polar surface area (TPSA) is 12.0 Å². The van der Waals surface area contributed by atoms with Crippen molar-refractivity contribution >= 4 is 23.1 Å². The molecule has 0 amide bonds. The van der Waals surface area contributed by atoms with E-state index in [1.807, 2.05) is 0 Å². The number of benzene rings is 2. The molecule has 0 radical (unpaired) electrons. The van der Waals surface area contributed by atoms with Crippen LogP contribution in [0.1, 0.15) is 0 Å². The highest BCUT2D eigenvalue weighted by Gasteiger charge is 2.23. The lowest BCUT2D eigenvalue weighted by Crippen LogP contribution is -2.04. The second kappa shape index (κ2) is 3.91. The van der Waals surface area contributed by atoms with Gasteiger partial charge in [0, 0.05) is 12.1 Å². The van der Waals surface area contributed by atoms with Crippen LogP contribution in [0.5, 0.6) is 0 Å². The summed E-state index contributed by atoms with van der Waals surface area (Å²) in [5.74, 6) is -3.06. The molecule has 18 heavy (non-hydrogen) atoms. The van der Waals surface area contributed by atoms with E-state index < -0.39 is 23.3 Å². The van der Waals surface area contributed by atoms with Crippen LogP contribution < -0.4 is 5.32 Å². The molecule has 1 N–H and O–H groups in total. The third-order valence-electron chi connectivity index (χ3n) is 2.49. The van der Waals surface area contributed by atoms with Crippen LogP contribution in [0.2, 0.25) is 0 Å². The smallest absolute Gasteiger partial charge is 0.142 e. The van der Waals surface area contributed by atoms with Crippen molar-refractivity contribution in [2.75, 3.05) is 5.32 Å². The van der Waals surface area contributed by atoms with Gasteiger partial charge in [0.2, 0.25) is 0 Å². The van der Waals surface area contributed by atoms with Gasteiger partial charge in [0.1, 0.15) is 23.3 Å². The molecule has 0 bridgehead atoms. The molecule has 2 aromatic carbocycles. The highest BCUT2D eigenvalue weighted by molar-refractivity contribution is 7.99. The van der Waals surface area contributed by atoms with Gasteiger partial charge in [-0.2, -0.15) is 0 Å². The highest BCUT2D eigenvalue weighted by atomic mass is 32.2. The van der Waals surface area contributed by atoms with Gasteiger partial charge in [-0.15, -0.1) is 0 Å². The van der Waals surface area contributed by atoms with E-state index in [0.717, 1.165) is 36.0 Å². The molecule has 0 aliphatic carbocycles. The van der Waals surface area contributed by atoms with Crippen molar-refractivity contribution in [2.24, 2.45) is 0 Å². The van der Waals surface area contributed by atoms with E-state index in [-0.39, 0.29) is 21.2 Å². The lowest BCUT2D eigenvalue weighted by Gasteiger charge is -2.21. The summed E-state index contributed by atoms with van der Waals surface area (Å²) in [5, 5.41) is 2.62. The SMILES string of the molecule is Fc1cc(F)c2c(c1)Nc1cc(F)cc(F)c1S2. The maximum absolute atomic E-state index is 13.5. The van der Waals surface area contributed by atoms with Crippen LogP contribution in [0, 0.1) is 23.3 Å². The molecule has 6 heteroatoms. The number of anilines is 2. The average molecular weight is 271 g/mol. The summed E-state index contributed by atoms with van der Waals surface area (Å²) in [7, 11) is 0. The largest absolute Gasteiger partial charge is 0.353 e. The van der Waals surface area contributed by atoms with E-state index in [1.54, 1.807) is 0 Å². The molecule has 0 aromatic heterocycles. The fourth-order valence-electron chi connectivity index (χ4n) is 1.76. The molecule has 0 saturated heterocycles. The second-order valence-corrected chi connectivity index (χ2v) is 4.78. The van der Waals surface area contributed by atoms with Crippen molar-refractivity contribution in [3.63, 3.8) is 0 Å². The van der Waals surface area contributed by atoms with Gasteiger partial charge in [-0.05, 0) is 12.1 Å². The van der Waals surface area contributed by atoms with Crippen LogP contribution in [0.4, 0.5) is 28.9 Å². The van der Waals surface area contributed by atoms with Crippen molar-refractivity contribution in [3.05, 3.63) is 47.5 Å². The van der Waals surface area contributed by atoms with E-state index in [2.05, 4.69) is 5.32 Å². The number of nitrogens with one attached hydrogen (secondary N) is 1. The Morgan fingerprint density at radius 3 is 1.61 bits per heavy atom. The molecule has 0 unspecified atom stereocenters. The van der Waals surface area contributed by atoms with Crippen LogP contribution in [-0.2, 0) is 0 Å². The van der Waals surface area contributed by atoms with Gasteiger partial charge < -0.3 is 5.32 Å². The lowest BCUT2D eigenvalue weighted by atomic mass is 10.2. The Balaban J connectivity index is 2.18. The first kappa shape index (κ1) is 11.4. The van der Waals surface area contributed by atoms with Crippen LogP contribution in [-0.4, -0.2) is 0 Å². The molecule has 0 saturated carbocycles. The summed E-state index contributed by atoms with van der Waals surface area (Å²) in [6.07, 6.45) is 0. The molecule has 1 aliphatic rings. The summed E-state index contributed by atoms with van der Waals surface area (Å²) >= 11 is 0.807. The van der Waals surface area contributed by atoms with Gasteiger partial charge in [-0.3, -0.25) is 0 Å². The Morgan fingerprint density at radius 1 is 0.722 bits per heavy atom. The zero-order chi connectivity index (χ0) is 12.9. The normalized spacial score (nSPS) is 12.7. The van der Waals surface area contributed by atoms with E-state index in [9.17, 15) is 17.6 Å². The number of fused-ring (bicyclic) bond motifs is 2.